The van der Waals surface area contributed by atoms with E-state index >= 15 is 0 Å². The van der Waals surface area contributed by atoms with Crippen molar-refractivity contribution >= 4 is 0 Å². The van der Waals surface area contributed by atoms with Crippen molar-refractivity contribution in [3.8, 4) is 0 Å². The van der Waals surface area contributed by atoms with Gasteiger partial charge in [-0.2, -0.15) is 0 Å². The maximum Gasteiger partial charge on any atom is 0.0169 e. The second-order valence-electron chi connectivity index (χ2n) is 5.72. The van der Waals surface area contributed by atoms with Crippen molar-refractivity contribution in [2.24, 2.45) is 5.41 Å². The summed E-state index contributed by atoms with van der Waals surface area (Å²) in [4.78, 5) is 2.63. The first-order valence-electron chi connectivity index (χ1n) is 5.83. The largest absolute Gasteiger partial charge is 0.294 e. The Labute approximate surface area is 89.2 Å². The highest BCUT2D eigenvalue weighted by Gasteiger charge is 2.31. The molecular weight excluding hydrogens is 170 g/mol. The Hall–Kier alpha value is -0.300. The van der Waals surface area contributed by atoms with E-state index in [0.717, 1.165) is 12.6 Å². The number of rotatable bonds is 1. The third kappa shape index (κ3) is 2.84. The van der Waals surface area contributed by atoms with Gasteiger partial charge < -0.3 is 0 Å². The minimum Gasteiger partial charge on any atom is -0.294 e. The summed E-state index contributed by atoms with van der Waals surface area (Å²) in [6.45, 7) is 12.8. The quantitative estimate of drug-likeness (QED) is 0.579. The Kier molecular flexibility index (Phi) is 3.77. The van der Waals surface area contributed by atoms with Crippen molar-refractivity contribution in [1.82, 2.24) is 4.90 Å². The number of allylic oxidation sites excluding steroid dienone is 1. The summed E-state index contributed by atoms with van der Waals surface area (Å²) >= 11 is 0. The molecule has 1 unspecified atom stereocenters. The molecule has 0 saturated heterocycles. The van der Waals surface area contributed by atoms with Crippen molar-refractivity contribution in [3.05, 3.63) is 12.2 Å². The van der Waals surface area contributed by atoms with E-state index in [2.05, 4.69) is 51.7 Å². The monoisotopic (exact) mass is 195 g/mol. The predicted molar refractivity (Wildman–Crippen MR) is 63.5 cm³/mol. The van der Waals surface area contributed by atoms with E-state index in [-0.39, 0.29) is 0 Å². The molecule has 0 aromatic heterocycles. The van der Waals surface area contributed by atoms with Crippen molar-refractivity contribution in [3.63, 3.8) is 0 Å². The van der Waals surface area contributed by atoms with E-state index in [1.54, 1.807) is 0 Å². The molecule has 0 amide bonds. The Morgan fingerprint density at radius 3 is 2.36 bits per heavy atom. The van der Waals surface area contributed by atoms with Gasteiger partial charge in [0.1, 0.15) is 0 Å². The molecule has 1 aliphatic rings. The first kappa shape index (κ1) is 11.8. The number of hydrogen-bond acceptors (Lipinski definition) is 1. The highest BCUT2D eigenvalue weighted by atomic mass is 15.2. The SMILES string of the molecule is CC(C)N1CC=CCCC1C(C)(C)C. The maximum atomic E-state index is 2.63. The third-order valence-electron chi connectivity index (χ3n) is 3.15. The van der Waals surface area contributed by atoms with E-state index in [9.17, 15) is 0 Å². The molecule has 1 nitrogen and oxygen atoms in total. The lowest BCUT2D eigenvalue weighted by atomic mass is 9.82. The van der Waals surface area contributed by atoms with Crippen molar-refractivity contribution in [1.29, 1.82) is 0 Å². The highest BCUT2D eigenvalue weighted by Crippen LogP contribution is 2.30. The standard InChI is InChI=1S/C13H25N/c1-11(2)14-10-8-6-7-9-12(14)13(3,4)5/h6,8,11-12H,7,9-10H2,1-5H3. The van der Waals surface area contributed by atoms with Gasteiger partial charge in [-0.3, -0.25) is 4.90 Å². The van der Waals surface area contributed by atoms with Crippen LogP contribution in [0.5, 0.6) is 0 Å². The van der Waals surface area contributed by atoms with Gasteiger partial charge in [0.05, 0.1) is 0 Å². The molecule has 1 aliphatic heterocycles. The van der Waals surface area contributed by atoms with E-state index in [1.165, 1.54) is 12.8 Å². The lowest BCUT2D eigenvalue weighted by Crippen LogP contribution is -2.47. The van der Waals surface area contributed by atoms with Crippen molar-refractivity contribution < 1.29 is 0 Å². The van der Waals surface area contributed by atoms with E-state index in [0.29, 0.717) is 11.5 Å². The molecule has 0 aromatic rings. The van der Waals surface area contributed by atoms with Crippen LogP contribution in [0.15, 0.2) is 12.2 Å². The molecule has 14 heavy (non-hydrogen) atoms. The van der Waals surface area contributed by atoms with Gasteiger partial charge in [0.15, 0.2) is 0 Å². The van der Waals surface area contributed by atoms with Crippen LogP contribution < -0.4 is 0 Å². The van der Waals surface area contributed by atoms with Gasteiger partial charge in [0, 0.05) is 18.6 Å². The fraction of sp³-hybridized carbons (Fsp3) is 0.846. The summed E-state index contributed by atoms with van der Waals surface area (Å²) in [6, 6.07) is 1.37. The van der Waals surface area contributed by atoms with Crippen molar-refractivity contribution in [2.75, 3.05) is 6.54 Å². The minimum absolute atomic E-state index is 0.399. The summed E-state index contributed by atoms with van der Waals surface area (Å²) in [5, 5.41) is 0. The third-order valence-corrected chi connectivity index (χ3v) is 3.15. The van der Waals surface area contributed by atoms with Gasteiger partial charge in [0.25, 0.3) is 0 Å². The molecule has 0 saturated carbocycles. The fourth-order valence-electron chi connectivity index (χ4n) is 2.36. The summed E-state index contributed by atoms with van der Waals surface area (Å²) in [7, 11) is 0. The normalized spacial score (nSPS) is 25.4. The molecule has 0 spiro atoms. The highest BCUT2D eigenvalue weighted by molar-refractivity contribution is 4.96. The lowest BCUT2D eigenvalue weighted by Gasteiger charge is -2.41. The zero-order valence-corrected chi connectivity index (χ0v) is 10.4. The zero-order valence-electron chi connectivity index (χ0n) is 10.4. The van der Waals surface area contributed by atoms with Crippen LogP contribution in [-0.2, 0) is 0 Å². The molecule has 0 aliphatic carbocycles. The average molecular weight is 195 g/mol. The molecular formula is C13H25N. The Bertz CT molecular complexity index is 198. The molecule has 1 rings (SSSR count). The lowest BCUT2D eigenvalue weighted by molar-refractivity contribution is 0.0792. The van der Waals surface area contributed by atoms with E-state index < -0.39 is 0 Å². The van der Waals surface area contributed by atoms with Gasteiger partial charge in [0.2, 0.25) is 0 Å². The Morgan fingerprint density at radius 2 is 1.86 bits per heavy atom. The molecule has 0 N–H and O–H groups in total. The Morgan fingerprint density at radius 1 is 1.21 bits per heavy atom. The van der Waals surface area contributed by atoms with E-state index in [1.807, 2.05) is 0 Å². The molecule has 0 aromatic carbocycles. The van der Waals surface area contributed by atoms with Crippen molar-refractivity contribution in [2.45, 2.75) is 59.5 Å². The smallest absolute Gasteiger partial charge is 0.0169 e. The molecule has 82 valence electrons. The summed E-state index contributed by atoms with van der Waals surface area (Å²) in [5.41, 5.74) is 0.399. The van der Waals surface area contributed by atoms with Crippen LogP contribution in [0.1, 0.15) is 47.5 Å². The molecule has 0 fully saturated rings. The van der Waals surface area contributed by atoms with Crippen LogP contribution >= 0.6 is 0 Å². The summed E-state index contributed by atoms with van der Waals surface area (Å²) in [6.07, 6.45) is 7.20. The molecule has 1 heterocycles. The van der Waals surface area contributed by atoms with Crippen LogP contribution in [0.3, 0.4) is 0 Å². The minimum atomic E-state index is 0.399. The second kappa shape index (κ2) is 4.48. The predicted octanol–water partition coefficient (Wildman–Crippen LogP) is 3.46. The maximum absolute atomic E-state index is 2.63. The average Bonchev–Trinajstić information content (AvgIpc) is 2.26. The van der Waals surface area contributed by atoms with Gasteiger partial charge in [-0.05, 0) is 32.1 Å². The first-order valence-corrected chi connectivity index (χ1v) is 5.83. The van der Waals surface area contributed by atoms with Crippen LogP contribution in [0.4, 0.5) is 0 Å². The van der Waals surface area contributed by atoms with Crippen LogP contribution in [-0.4, -0.2) is 23.5 Å². The summed E-state index contributed by atoms with van der Waals surface area (Å²) in [5.74, 6) is 0. The Balaban J connectivity index is 2.78. The zero-order chi connectivity index (χ0) is 10.8. The molecule has 1 atom stereocenters. The first-order chi connectivity index (χ1) is 6.43. The molecule has 0 bridgehead atoms. The molecule has 1 heteroatoms. The van der Waals surface area contributed by atoms with Crippen LogP contribution in [0.25, 0.3) is 0 Å². The van der Waals surface area contributed by atoms with Gasteiger partial charge in [-0.25, -0.2) is 0 Å². The van der Waals surface area contributed by atoms with Gasteiger partial charge in [-0.1, -0.05) is 32.9 Å². The van der Waals surface area contributed by atoms with E-state index in [4.69, 9.17) is 0 Å². The van der Waals surface area contributed by atoms with Gasteiger partial charge in [-0.15, -0.1) is 0 Å². The van der Waals surface area contributed by atoms with Crippen LogP contribution in [0, 0.1) is 5.41 Å². The summed E-state index contributed by atoms with van der Waals surface area (Å²) < 4.78 is 0. The topological polar surface area (TPSA) is 3.24 Å². The fourth-order valence-corrected chi connectivity index (χ4v) is 2.36. The molecule has 0 radical (unpaired) electrons. The van der Waals surface area contributed by atoms with Crippen LogP contribution in [0.2, 0.25) is 0 Å². The van der Waals surface area contributed by atoms with Gasteiger partial charge >= 0.3 is 0 Å². The second-order valence-corrected chi connectivity index (χ2v) is 5.72. The number of nitrogens with zero attached hydrogens (tertiary/aromatic N) is 1. The number of hydrogen-bond donors (Lipinski definition) is 0.